The summed E-state index contributed by atoms with van der Waals surface area (Å²) in [6.07, 6.45) is 2.12. The summed E-state index contributed by atoms with van der Waals surface area (Å²) < 4.78 is 28.2. The molecule has 0 bridgehead atoms. The summed E-state index contributed by atoms with van der Waals surface area (Å²) in [5.74, 6) is -0.301. The number of anilines is 1. The average molecular weight is 304 g/mol. The van der Waals surface area contributed by atoms with E-state index in [-0.39, 0.29) is 16.5 Å². The fourth-order valence-electron chi connectivity index (χ4n) is 1.83. The first kappa shape index (κ1) is 14.3. The minimum absolute atomic E-state index is 0.111. The van der Waals surface area contributed by atoms with Crippen LogP contribution >= 0.6 is 11.6 Å². The van der Waals surface area contributed by atoms with E-state index in [1.54, 1.807) is 0 Å². The van der Waals surface area contributed by atoms with Crippen molar-refractivity contribution < 1.29 is 17.9 Å². The molecular formula is C12H14ClNO4S. The highest BCUT2D eigenvalue weighted by atomic mass is 35.5. The summed E-state index contributed by atoms with van der Waals surface area (Å²) in [6.45, 7) is 0.565. The number of ether oxygens (including phenoxy) is 1. The van der Waals surface area contributed by atoms with Crippen molar-refractivity contribution in [2.75, 3.05) is 18.2 Å². The van der Waals surface area contributed by atoms with Gasteiger partial charge in [-0.1, -0.05) is 11.6 Å². The van der Waals surface area contributed by atoms with Crippen molar-refractivity contribution in [2.24, 2.45) is 0 Å². The molecule has 0 aliphatic carbocycles. The quantitative estimate of drug-likeness (QED) is 0.925. The Hall–Kier alpha value is -1.11. The summed E-state index contributed by atoms with van der Waals surface area (Å²) >= 11 is 5.95. The van der Waals surface area contributed by atoms with E-state index in [1.165, 1.54) is 18.2 Å². The Kier molecular flexibility index (Phi) is 4.13. The van der Waals surface area contributed by atoms with E-state index < -0.39 is 15.9 Å². The first-order chi connectivity index (χ1) is 8.88. The maximum Gasteiger partial charge on any atom is 0.253 e. The Morgan fingerprint density at radius 3 is 2.79 bits per heavy atom. The van der Waals surface area contributed by atoms with Crippen LogP contribution in [0.25, 0.3) is 0 Å². The fourth-order valence-corrected chi connectivity index (χ4v) is 2.64. The number of sulfone groups is 1. The fraction of sp³-hybridized carbons (Fsp3) is 0.417. The number of hydrogen-bond acceptors (Lipinski definition) is 4. The van der Waals surface area contributed by atoms with Gasteiger partial charge in [0.15, 0.2) is 9.84 Å². The third-order valence-electron chi connectivity index (χ3n) is 2.85. The van der Waals surface area contributed by atoms with E-state index >= 15 is 0 Å². The second-order valence-electron chi connectivity index (χ2n) is 4.40. The first-order valence-corrected chi connectivity index (χ1v) is 8.07. The molecule has 7 heteroatoms. The molecule has 5 nitrogen and oxygen atoms in total. The number of carbonyl (C=O) groups is 1. The van der Waals surface area contributed by atoms with Gasteiger partial charge in [-0.2, -0.15) is 0 Å². The van der Waals surface area contributed by atoms with Gasteiger partial charge in [-0.05, 0) is 31.0 Å². The van der Waals surface area contributed by atoms with E-state index in [9.17, 15) is 13.2 Å². The largest absolute Gasteiger partial charge is 0.368 e. The van der Waals surface area contributed by atoms with Crippen molar-refractivity contribution in [3.63, 3.8) is 0 Å². The molecule has 1 aliphatic rings. The molecule has 19 heavy (non-hydrogen) atoms. The van der Waals surface area contributed by atoms with Gasteiger partial charge in [0, 0.05) is 12.9 Å². The SMILES string of the molecule is CS(=O)(=O)c1ccc(Cl)c(NC(=O)C2CCCO2)c1. The second-order valence-corrected chi connectivity index (χ2v) is 6.83. The molecule has 1 fully saturated rings. The second kappa shape index (κ2) is 5.48. The number of amides is 1. The molecule has 1 unspecified atom stereocenters. The Bertz CT molecular complexity index is 594. The van der Waals surface area contributed by atoms with Crippen LogP contribution in [0.3, 0.4) is 0 Å². The smallest absolute Gasteiger partial charge is 0.253 e. The normalized spacial score (nSPS) is 19.4. The standard InChI is InChI=1S/C12H14ClNO4S/c1-19(16,17)8-4-5-9(13)10(7-8)14-12(15)11-3-2-6-18-11/h4-5,7,11H,2-3,6H2,1H3,(H,14,15). The van der Waals surface area contributed by atoms with Crippen LogP contribution in [0, 0.1) is 0 Å². The number of carbonyl (C=O) groups excluding carboxylic acids is 1. The highest BCUT2D eigenvalue weighted by molar-refractivity contribution is 7.90. The van der Waals surface area contributed by atoms with Gasteiger partial charge in [-0.3, -0.25) is 4.79 Å². The van der Waals surface area contributed by atoms with Crippen molar-refractivity contribution in [3.8, 4) is 0 Å². The van der Waals surface area contributed by atoms with Crippen LogP contribution in [-0.2, 0) is 19.4 Å². The number of benzene rings is 1. The zero-order chi connectivity index (χ0) is 14.0. The molecule has 104 valence electrons. The van der Waals surface area contributed by atoms with Gasteiger partial charge in [-0.15, -0.1) is 0 Å². The average Bonchev–Trinajstić information content (AvgIpc) is 2.84. The van der Waals surface area contributed by atoms with E-state index in [2.05, 4.69) is 5.32 Å². The zero-order valence-corrected chi connectivity index (χ0v) is 11.9. The van der Waals surface area contributed by atoms with E-state index in [0.29, 0.717) is 18.1 Å². The van der Waals surface area contributed by atoms with Crippen LogP contribution in [0.4, 0.5) is 5.69 Å². The topological polar surface area (TPSA) is 72.5 Å². The Balaban J connectivity index is 2.22. The Morgan fingerprint density at radius 1 is 1.47 bits per heavy atom. The molecule has 0 spiro atoms. The van der Waals surface area contributed by atoms with Gasteiger partial charge in [0.2, 0.25) is 0 Å². The number of halogens is 1. The molecule has 0 saturated carbocycles. The predicted octanol–water partition coefficient (Wildman–Crippen LogP) is 1.86. The lowest BCUT2D eigenvalue weighted by atomic mass is 10.2. The number of hydrogen-bond donors (Lipinski definition) is 1. The summed E-state index contributed by atoms with van der Waals surface area (Å²) in [7, 11) is -3.34. The van der Waals surface area contributed by atoms with Crippen LogP contribution in [0.15, 0.2) is 23.1 Å². The predicted molar refractivity (Wildman–Crippen MR) is 72.2 cm³/mol. The maximum atomic E-state index is 11.9. The molecule has 1 aliphatic heterocycles. The Morgan fingerprint density at radius 2 is 2.21 bits per heavy atom. The maximum absolute atomic E-state index is 11.9. The highest BCUT2D eigenvalue weighted by Crippen LogP contribution is 2.26. The van der Waals surface area contributed by atoms with E-state index in [4.69, 9.17) is 16.3 Å². The molecule has 1 N–H and O–H groups in total. The molecule has 1 heterocycles. The third kappa shape index (κ3) is 3.46. The lowest BCUT2D eigenvalue weighted by Crippen LogP contribution is -2.27. The number of rotatable bonds is 3. The van der Waals surface area contributed by atoms with Crippen molar-refractivity contribution in [3.05, 3.63) is 23.2 Å². The molecule has 0 radical (unpaired) electrons. The molecular weight excluding hydrogens is 290 g/mol. The van der Waals surface area contributed by atoms with Crippen molar-refractivity contribution in [1.82, 2.24) is 0 Å². The molecule has 2 rings (SSSR count). The van der Waals surface area contributed by atoms with Crippen LogP contribution < -0.4 is 5.32 Å². The summed E-state index contributed by atoms with van der Waals surface area (Å²) in [6, 6.07) is 4.20. The molecule has 1 amide bonds. The van der Waals surface area contributed by atoms with Crippen LogP contribution in [0.1, 0.15) is 12.8 Å². The number of nitrogens with one attached hydrogen (secondary N) is 1. The molecule has 1 saturated heterocycles. The highest BCUT2D eigenvalue weighted by Gasteiger charge is 2.24. The van der Waals surface area contributed by atoms with E-state index in [1.807, 2.05) is 0 Å². The van der Waals surface area contributed by atoms with Crippen molar-refractivity contribution >= 4 is 33.0 Å². The van der Waals surface area contributed by atoms with Gasteiger partial charge in [0.05, 0.1) is 15.6 Å². The van der Waals surface area contributed by atoms with E-state index in [0.717, 1.165) is 12.7 Å². The summed E-state index contributed by atoms with van der Waals surface area (Å²) in [5.41, 5.74) is 0.282. The van der Waals surface area contributed by atoms with Crippen LogP contribution in [-0.4, -0.2) is 33.3 Å². The van der Waals surface area contributed by atoms with Crippen molar-refractivity contribution in [2.45, 2.75) is 23.8 Å². The molecule has 1 aromatic rings. The minimum Gasteiger partial charge on any atom is -0.368 e. The lowest BCUT2D eigenvalue weighted by Gasteiger charge is -2.12. The van der Waals surface area contributed by atoms with Crippen molar-refractivity contribution in [1.29, 1.82) is 0 Å². The van der Waals surface area contributed by atoms with Gasteiger partial charge >= 0.3 is 0 Å². The van der Waals surface area contributed by atoms with Crippen LogP contribution in [0.5, 0.6) is 0 Å². The minimum atomic E-state index is -3.34. The third-order valence-corrected chi connectivity index (χ3v) is 4.29. The monoisotopic (exact) mass is 303 g/mol. The van der Waals surface area contributed by atoms with Crippen LogP contribution in [0.2, 0.25) is 5.02 Å². The van der Waals surface area contributed by atoms with Gasteiger partial charge in [0.1, 0.15) is 6.10 Å². The van der Waals surface area contributed by atoms with Gasteiger partial charge < -0.3 is 10.1 Å². The van der Waals surface area contributed by atoms with Gasteiger partial charge in [0.25, 0.3) is 5.91 Å². The van der Waals surface area contributed by atoms with Gasteiger partial charge in [-0.25, -0.2) is 8.42 Å². The zero-order valence-electron chi connectivity index (χ0n) is 10.3. The molecule has 1 atom stereocenters. The summed E-state index contributed by atoms with van der Waals surface area (Å²) in [5, 5.41) is 2.89. The Labute approximate surface area is 116 Å². The summed E-state index contributed by atoms with van der Waals surface area (Å²) in [4.78, 5) is 12.0. The first-order valence-electron chi connectivity index (χ1n) is 5.80. The molecule has 0 aromatic heterocycles. The lowest BCUT2D eigenvalue weighted by molar-refractivity contribution is -0.124. The molecule has 1 aromatic carbocycles.